The van der Waals surface area contributed by atoms with Crippen molar-refractivity contribution in [1.82, 2.24) is 15.3 Å². The smallest absolute Gasteiger partial charge is 0.303 e. The quantitative estimate of drug-likeness (QED) is 0.812. The van der Waals surface area contributed by atoms with Crippen molar-refractivity contribution in [2.45, 2.75) is 38.6 Å². The summed E-state index contributed by atoms with van der Waals surface area (Å²) in [5.41, 5.74) is 0.906. The number of carboxylic acids is 1. The van der Waals surface area contributed by atoms with Gasteiger partial charge in [-0.2, -0.15) is 0 Å². The average Bonchev–Trinajstić information content (AvgIpc) is 2.94. The van der Waals surface area contributed by atoms with E-state index in [2.05, 4.69) is 15.3 Å². The highest BCUT2D eigenvalue weighted by Gasteiger charge is 2.22. The lowest BCUT2D eigenvalue weighted by Crippen LogP contribution is -2.44. The Bertz CT molecular complexity index is 683. The molecule has 2 aromatic heterocycles. The van der Waals surface area contributed by atoms with E-state index in [0.29, 0.717) is 12.1 Å². The summed E-state index contributed by atoms with van der Waals surface area (Å²) in [5.74, 6) is -1.04. The fourth-order valence-electron chi connectivity index (χ4n) is 2.06. The highest BCUT2D eigenvalue weighted by molar-refractivity contribution is 7.13. The standard InChI is InChI=1S/C16H19N3O3S/c1-16(2,7-6-14(21)22)19-13(20)9-11-10-23-15(18-11)12-5-3-4-8-17-12/h3-5,8,10H,6-7,9H2,1-2H3,(H,19,20)(H,21,22). The van der Waals surface area contributed by atoms with E-state index in [1.807, 2.05) is 37.4 Å². The molecule has 0 aromatic carbocycles. The predicted molar refractivity (Wildman–Crippen MR) is 88.1 cm³/mol. The van der Waals surface area contributed by atoms with E-state index in [1.165, 1.54) is 11.3 Å². The molecule has 0 atom stereocenters. The average molecular weight is 333 g/mol. The van der Waals surface area contributed by atoms with Crippen LogP contribution in [0, 0.1) is 0 Å². The number of carbonyl (C=O) groups excluding carboxylic acids is 1. The fraction of sp³-hybridized carbons (Fsp3) is 0.375. The van der Waals surface area contributed by atoms with Gasteiger partial charge in [-0.3, -0.25) is 14.6 Å². The van der Waals surface area contributed by atoms with Crippen LogP contribution in [-0.2, 0) is 16.0 Å². The molecule has 0 saturated heterocycles. The zero-order valence-electron chi connectivity index (χ0n) is 13.1. The Labute approximate surface area is 138 Å². The van der Waals surface area contributed by atoms with E-state index < -0.39 is 11.5 Å². The van der Waals surface area contributed by atoms with Crippen LogP contribution in [0.3, 0.4) is 0 Å². The Hall–Kier alpha value is -2.28. The van der Waals surface area contributed by atoms with Crippen LogP contribution < -0.4 is 5.32 Å². The molecule has 0 fully saturated rings. The number of pyridine rings is 1. The van der Waals surface area contributed by atoms with Crippen molar-refractivity contribution >= 4 is 23.2 Å². The van der Waals surface area contributed by atoms with Gasteiger partial charge < -0.3 is 10.4 Å². The van der Waals surface area contributed by atoms with E-state index in [4.69, 9.17) is 5.11 Å². The number of aliphatic carboxylic acids is 1. The molecule has 0 unspecified atom stereocenters. The van der Waals surface area contributed by atoms with Gasteiger partial charge in [-0.15, -0.1) is 11.3 Å². The van der Waals surface area contributed by atoms with Crippen molar-refractivity contribution in [2.24, 2.45) is 0 Å². The van der Waals surface area contributed by atoms with Crippen LogP contribution in [0.15, 0.2) is 29.8 Å². The van der Waals surface area contributed by atoms with Gasteiger partial charge in [-0.05, 0) is 32.4 Å². The molecule has 2 N–H and O–H groups in total. The van der Waals surface area contributed by atoms with Crippen molar-refractivity contribution in [3.05, 3.63) is 35.5 Å². The third-order valence-electron chi connectivity index (χ3n) is 3.22. The lowest BCUT2D eigenvalue weighted by Gasteiger charge is -2.25. The first-order valence-corrected chi connectivity index (χ1v) is 8.12. The SMILES string of the molecule is CC(C)(CCC(=O)O)NC(=O)Cc1csc(-c2ccccn2)n1. The second kappa shape index (κ2) is 7.32. The molecule has 122 valence electrons. The number of rotatable bonds is 7. The zero-order valence-corrected chi connectivity index (χ0v) is 13.9. The molecule has 2 aromatic rings. The van der Waals surface area contributed by atoms with Gasteiger partial charge in [-0.25, -0.2) is 4.98 Å². The third kappa shape index (κ3) is 5.45. The van der Waals surface area contributed by atoms with Gasteiger partial charge in [0, 0.05) is 23.5 Å². The van der Waals surface area contributed by atoms with Gasteiger partial charge in [-0.1, -0.05) is 6.07 Å². The van der Waals surface area contributed by atoms with Gasteiger partial charge >= 0.3 is 5.97 Å². The maximum atomic E-state index is 12.1. The number of amides is 1. The van der Waals surface area contributed by atoms with Crippen molar-refractivity contribution < 1.29 is 14.7 Å². The summed E-state index contributed by atoms with van der Waals surface area (Å²) >= 11 is 1.45. The molecule has 1 amide bonds. The van der Waals surface area contributed by atoms with Crippen LogP contribution in [-0.4, -0.2) is 32.5 Å². The summed E-state index contributed by atoms with van der Waals surface area (Å²) in [6.45, 7) is 3.63. The molecular weight excluding hydrogens is 314 g/mol. The lowest BCUT2D eigenvalue weighted by molar-refractivity contribution is -0.137. The number of hydrogen-bond donors (Lipinski definition) is 2. The molecule has 0 aliphatic carbocycles. The molecule has 2 rings (SSSR count). The van der Waals surface area contributed by atoms with Gasteiger partial charge in [0.2, 0.25) is 5.91 Å². The van der Waals surface area contributed by atoms with E-state index in [0.717, 1.165) is 10.7 Å². The monoisotopic (exact) mass is 333 g/mol. The summed E-state index contributed by atoms with van der Waals surface area (Å²) in [7, 11) is 0. The molecule has 0 bridgehead atoms. The largest absolute Gasteiger partial charge is 0.481 e. The van der Waals surface area contributed by atoms with Crippen LogP contribution >= 0.6 is 11.3 Å². The molecule has 2 heterocycles. The summed E-state index contributed by atoms with van der Waals surface area (Å²) < 4.78 is 0. The fourth-order valence-corrected chi connectivity index (χ4v) is 2.86. The van der Waals surface area contributed by atoms with E-state index in [-0.39, 0.29) is 18.7 Å². The summed E-state index contributed by atoms with van der Waals surface area (Å²) in [5, 5.41) is 14.2. The lowest BCUT2D eigenvalue weighted by atomic mass is 9.98. The molecule has 23 heavy (non-hydrogen) atoms. The number of nitrogens with one attached hydrogen (secondary N) is 1. The molecule has 6 nitrogen and oxygen atoms in total. The minimum absolute atomic E-state index is 0.0216. The first-order chi connectivity index (χ1) is 10.9. The Morgan fingerprint density at radius 1 is 1.35 bits per heavy atom. The molecule has 0 aliphatic heterocycles. The van der Waals surface area contributed by atoms with Crippen molar-refractivity contribution in [2.75, 3.05) is 0 Å². The molecule has 0 spiro atoms. The van der Waals surface area contributed by atoms with Crippen molar-refractivity contribution in [3.63, 3.8) is 0 Å². The first kappa shape index (κ1) is 17.1. The number of carbonyl (C=O) groups is 2. The van der Waals surface area contributed by atoms with Crippen LogP contribution in [0.4, 0.5) is 0 Å². The minimum atomic E-state index is -0.869. The normalized spacial score (nSPS) is 11.2. The number of carboxylic acid groups (broad SMARTS) is 1. The zero-order chi connectivity index (χ0) is 16.9. The van der Waals surface area contributed by atoms with Gasteiger partial charge in [0.25, 0.3) is 0 Å². The number of hydrogen-bond acceptors (Lipinski definition) is 5. The van der Waals surface area contributed by atoms with Crippen LogP contribution in [0.2, 0.25) is 0 Å². The third-order valence-corrected chi connectivity index (χ3v) is 4.13. The summed E-state index contributed by atoms with van der Waals surface area (Å²) in [6.07, 6.45) is 2.27. The summed E-state index contributed by atoms with van der Waals surface area (Å²) in [4.78, 5) is 31.4. The Balaban J connectivity index is 1.93. The summed E-state index contributed by atoms with van der Waals surface area (Å²) in [6, 6.07) is 5.60. The maximum absolute atomic E-state index is 12.1. The van der Waals surface area contributed by atoms with Crippen LogP contribution in [0.1, 0.15) is 32.4 Å². The second-order valence-corrected chi connectivity index (χ2v) is 6.72. The van der Waals surface area contributed by atoms with Gasteiger partial charge in [0.05, 0.1) is 17.8 Å². The van der Waals surface area contributed by atoms with E-state index in [1.54, 1.807) is 6.20 Å². The molecule has 7 heteroatoms. The first-order valence-electron chi connectivity index (χ1n) is 7.24. The highest BCUT2D eigenvalue weighted by Crippen LogP contribution is 2.21. The van der Waals surface area contributed by atoms with Gasteiger partial charge in [0.15, 0.2) is 0 Å². The number of thiazole rings is 1. The molecule has 0 saturated carbocycles. The van der Waals surface area contributed by atoms with E-state index in [9.17, 15) is 9.59 Å². The predicted octanol–water partition coefficient (Wildman–Crippen LogP) is 2.51. The molecule has 0 radical (unpaired) electrons. The second-order valence-electron chi connectivity index (χ2n) is 5.86. The Kier molecular flexibility index (Phi) is 5.44. The Morgan fingerprint density at radius 3 is 2.78 bits per heavy atom. The number of nitrogens with zero attached hydrogens (tertiary/aromatic N) is 2. The minimum Gasteiger partial charge on any atom is -0.481 e. The molecule has 0 aliphatic rings. The molecular formula is C16H19N3O3S. The maximum Gasteiger partial charge on any atom is 0.303 e. The van der Waals surface area contributed by atoms with Crippen molar-refractivity contribution in [3.8, 4) is 10.7 Å². The van der Waals surface area contributed by atoms with Crippen LogP contribution in [0.5, 0.6) is 0 Å². The van der Waals surface area contributed by atoms with Crippen molar-refractivity contribution in [1.29, 1.82) is 0 Å². The topological polar surface area (TPSA) is 92.2 Å². The van der Waals surface area contributed by atoms with Crippen LogP contribution in [0.25, 0.3) is 10.7 Å². The Morgan fingerprint density at radius 2 is 2.13 bits per heavy atom. The number of aromatic nitrogens is 2. The van der Waals surface area contributed by atoms with Gasteiger partial charge in [0.1, 0.15) is 5.01 Å². The highest BCUT2D eigenvalue weighted by atomic mass is 32.1. The van der Waals surface area contributed by atoms with E-state index >= 15 is 0 Å².